The van der Waals surface area contributed by atoms with Crippen molar-refractivity contribution in [1.82, 2.24) is 15.3 Å². The molecule has 3 aromatic rings. The van der Waals surface area contributed by atoms with Gasteiger partial charge in [0, 0.05) is 34.9 Å². The number of benzene rings is 1. The van der Waals surface area contributed by atoms with Crippen molar-refractivity contribution in [3.05, 3.63) is 64.1 Å². The van der Waals surface area contributed by atoms with E-state index in [0.29, 0.717) is 18.5 Å². The van der Waals surface area contributed by atoms with Gasteiger partial charge >= 0.3 is 0 Å². The number of carbonyl (C=O) groups excluding carboxylic acids is 1. The number of rotatable bonds is 3. The third kappa shape index (κ3) is 2.93. The van der Waals surface area contributed by atoms with Crippen LogP contribution in [0.3, 0.4) is 0 Å². The molecule has 4 rings (SSSR count). The van der Waals surface area contributed by atoms with Crippen LogP contribution in [0.25, 0.3) is 22.2 Å². The number of nitrogens with zero attached hydrogens (tertiary/aromatic N) is 1. The summed E-state index contributed by atoms with van der Waals surface area (Å²) in [4.78, 5) is 32.7. The van der Waals surface area contributed by atoms with E-state index in [-0.39, 0.29) is 11.5 Å². The summed E-state index contributed by atoms with van der Waals surface area (Å²) in [6, 6.07) is 11.8. The molecular weight excluding hydrogens is 338 g/mol. The van der Waals surface area contributed by atoms with Gasteiger partial charge in [-0.1, -0.05) is 19.1 Å². The molecule has 5 heteroatoms. The fraction of sp³-hybridized carbons (Fsp3) is 0.318. The monoisotopic (exact) mass is 361 g/mol. The molecule has 5 nitrogen and oxygen atoms in total. The minimum absolute atomic E-state index is 0.0739. The van der Waals surface area contributed by atoms with Gasteiger partial charge in [-0.15, -0.1) is 0 Å². The first-order valence-electron chi connectivity index (χ1n) is 9.43. The van der Waals surface area contributed by atoms with E-state index >= 15 is 0 Å². The summed E-state index contributed by atoms with van der Waals surface area (Å²) in [6.45, 7) is 4.63. The molecule has 1 fully saturated rings. The minimum Gasteiger partial charge on any atom is -0.355 e. The standard InChI is InChI=1S/C22H23N3O2/c1-3-14-12-15(13-19-16(14)6-4-10-23-19)18-8-7-17(20(26)25-18)22(2)9-5-11-24-21(22)27/h4,6-8,10,12-13H,3,5,9,11H2,1-2H3,(H,24,27)(H,25,26)/t22-/m1/s1. The molecule has 1 aromatic carbocycles. The highest BCUT2D eigenvalue weighted by Gasteiger charge is 2.39. The minimum atomic E-state index is -0.774. The summed E-state index contributed by atoms with van der Waals surface area (Å²) in [5, 5.41) is 4.01. The van der Waals surface area contributed by atoms with E-state index in [1.54, 1.807) is 12.3 Å². The highest BCUT2D eigenvalue weighted by Crippen LogP contribution is 2.31. The zero-order chi connectivity index (χ0) is 19.0. The summed E-state index contributed by atoms with van der Waals surface area (Å²) in [5.41, 5.74) is 3.33. The fourth-order valence-electron chi connectivity index (χ4n) is 3.99. The fourth-order valence-corrected chi connectivity index (χ4v) is 3.99. The molecule has 1 amide bonds. The number of aryl methyl sites for hydroxylation is 1. The van der Waals surface area contributed by atoms with Gasteiger partial charge in [0.05, 0.1) is 10.9 Å². The van der Waals surface area contributed by atoms with Crippen LogP contribution in [0, 0.1) is 0 Å². The molecule has 0 unspecified atom stereocenters. The Kier molecular flexibility index (Phi) is 4.30. The normalized spacial score (nSPS) is 19.9. The topological polar surface area (TPSA) is 74.8 Å². The maximum atomic E-state index is 12.8. The number of pyridine rings is 2. The van der Waals surface area contributed by atoms with Gasteiger partial charge in [-0.25, -0.2) is 0 Å². The number of amides is 1. The lowest BCUT2D eigenvalue weighted by Gasteiger charge is -2.32. The zero-order valence-electron chi connectivity index (χ0n) is 15.6. The number of H-pyrrole nitrogens is 1. The Balaban J connectivity index is 1.80. The van der Waals surface area contributed by atoms with Gasteiger partial charge < -0.3 is 10.3 Å². The number of hydrogen-bond acceptors (Lipinski definition) is 3. The average molecular weight is 361 g/mol. The molecule has 2 N–H and O–H groups in total. The van der Waals surface area contributed by atoms with Crippen molar-refractivity contribution in [2.75, 3.05) is 6.54 Å². The smallest absolute Gasteiger partial charge is 0.252 e. The maximum Gasteiger partial charge on any atom is 0.252 e. The predicted octanol–water partition coefficient (Wildman–Crippen LogP) is 3.32. The van der Waals surface area contributed by atoms with Crippen LogP contribution in [0.5, 0.6) is 0 Å². The second-order valence-electron chi connectivity index (χ2n) is 7.37. The lowest BCUT2D eigenvalue weighted by molar-refractivity contribution is -0.128. The summed E-state index contributed by atoms with van der Waals surface area (Å²) in [6.07, 6.45) is 4.22. The molecule has 0 radical (unpaired) electrons. The molecule has 0 saturated carbocycles. The Morgan fingerprint density at radius 2 is 2.04 bits per heavy atom. The van der Waals surface area contributed by atoms with E-state index < -0.39 is 5.41 Å². The lowest BCUT2D eigenvalue weighted by Crippen LogP contribution is -2.49. The Labute approximate surface area is 157 Å². The van der Waals surface area contributed by atoms with Crippen molar-refractivity contribution in [2.24, 2.45) is 0 Å². The van der Waals surface area contributed by atoms with Crippen molar-refractivity contribution >= 4 is 16.8 Å². The van der Waals surface area contributed by atoms with Crippen LogP contribution in [-0.4, -0.2) is 22.4 Å². The van der Waals surface area contributed by atoms with Crippen LogP contribution in [0.1, 0.15) is 37.8 Å². The lowest BCUT2D eigenvalue weighted by atomic mass is 9.76. The third-order valence-electron chi connectivity index (χ3n) is 5.64. The maximum absolute atomic E-state index is 12.8. The number of fused-ring (bicyclic) bond motifs is 1. The van der Waals surface area contributed by atoms with Crippen LogP contribution in [0.15, 0.2) is 47.4 Å². The van der Waals surface area contributed by atoms with Gasteiger partial charge in [0.15, 0.2) is 0 Å². The van der Waals surface area contributed by atoms with E-state index in [4.69, 9.17) is 0 Å². The first kappa shape index (κ1) is 17.5. The van der Waals surface area contributed by atoms with Crippen LogP contribution in [0.4, 0.5) is 0 Å². The third-order valence-corrected chi connectivity index (χ3v) is 5.64. The van der Waals surface area contributed by atoms with Gasteiger partial charge in [-0.05, 0) is 56.0 Å². The number of nitrogens with one attached hydrogen (secondary N) is 2. The Morgan fingerprint density at radius 3 is 2.78 bits per heavy atom. The molecule has 27 heavy (non-hydrogen) atoms. The number of aromatic nitrogens is 2. The van der Waals surface area contributed by atoms with E-state index in [1.165, 1.54) is 5.56 Å². The van der Waals surface area contributed by atoms with Gasteiger partial charge in [0.2, 0.25) is 5.91 Å². The van der Waals surface area contributed by atoms with Gasteiger partial charge in [0.1, 0.15) is 0 Å². The first-order chi connectivity index (χ1) is 13.0. The molecule has 0 spiro atoms. The van der Waals surface area contributed by atoms with Crippen LogP contribution < -0.4 is 10.9 Å². The quantitative estimate of drug-likeness (QED) is 0.751. The summed E-state index contributed by atoms with van der Waals surface area (Å²) in [5.74, 6) is -0.0739. The molecule has 1 aliphatic heterocycles. The molecule has 2 aromatic heterocycles. The summed E-state index contributed by atoms with van der Waals surface area (Å²) < 4.78 is 0. The number of piperidine rings is 1. The van der Waals surface area contributed by atoms with Crippen molar-refractivity contribution in [1.29, 1.82) is 0 Å². The van der Waals surface area contributed by atoms with Crippen LogP contribution >= 0.6 is 0 Å². The second-order valence-corrected chi connectivity index (χ2v) is 7.37. The van der Waals surface area contributed by atoms with Crippen LogP contribution in [-0.2, 0) is 16.6 Å². The Morgan fingerprint density at radius 1 is 1.19 bits per heavy atom. The molecule has 0 aliphatic carbocycles. The van der Waals surface area contributed by atoms with E-state index in [1.807, 2.05) is 25.1 Å². The van der Waals surface area contributed by atoms with Crippen LogP contribution in [0.2, 0.25) is 0 Å². The number of aromatic amines is 1. The molecule has 0 bridgehead atoms. The van der Waals surface area contributed by atoms with E-state index in [0.717, 1.165) is 35.0 Å². The Hall–Kier alpha value is -2.95. The molecule has 138 valence electrons. The van der Waals surface area contributed by atoms with Crippen molar-refractivity contribution in [3.63, 3.8) is 0 Å². The molecule has 1 atom stereocenters. The second kappa shape index (κ2) is 6.65. The highest BCUT2D eigenvalue weighted by molar-refractivity contribution is 5.89. The van der Waals surface area contributed by atoms with Crippen molar-refractivity contribution in [2.45, 2.75) is 38.5 Å². The van der Waals surface area contributed by atoms with Gasteiger partial charge in [-0.2, -0.15) is 0 Å². The van der Waals surface area contributed by atoms with Gasteiger partial charge in [0.25, 0.3) is 5.56 Å². The van der Waals surface area contributed by atoms with Gasteiger partial charge in [-0.3, -0.25) is 14.6 Å². The highest BCUT2D eigenvalue weighted by atomic mass is 16.2. The molecular formula is C22H23N3O2. The summed E-state index contributed by atoms with van der Waals surface area (Å²) in [7, 11) is 0. The average Bonchev–Trinajstić information content (AvgIpc) is 2.69. The number of carbonyl (C=O) groups is 1. The number of hydrogen-bond donors (Lipinski definition) is 2. The molecule has 1 saturated heterocycles. The first-order valence-corrected chi connectivity index (χ1v) is 9.43. The zero-order valence-corrected chi connectivity index (χ0v) is 15.6. The van der Waals surface area contributed by atoms with E-state index in [9.17, 15) is 9.59 Å². The summed E-state index contributed by atoms with van der Waals surface area (Å²) >= 11 is 0. The molecule has 1 aliphatic rings. The largest absolute Gasteiger partial charge is 0.355 e. The van der Waals surface area contributed by atoms with E-state index in [2.05, 4.69) is 34.3 Å². The SMILES string of the molecule is CCc1cc(-c2ccc([C@@]3(C)CCCNC3=O)c(=O)[nH]2)cc2ncccc12. The predicted molar refractivity (Wildman–Crippen MR) is 107 cm³/mol. The Bertz CT molecular complexity index is 1090. The van der Waals surface area contributed by atoms with Crippen molar-refractivity contribution in [3.8, 4) is 11.3 Å². The molecule has 3 heterocycles. The van der Waals surface area contributed by atoms with Crippen molar-refractivity contribution < 1.29 is 4.79 Å².